The second-order valence-electron chi connectivity index (χ2n) is 8.67. The molecular formula is C27H23F7O. The van der Waals surface area contributed by atoms with Gasteiger partial charge in [-0.1, -0.05) is 50.8 Å². The molecule has 35 heavy (non-hydrogen) atoms. The van der Waals surface area contributed by atoms with E-state index < -0.39 is 63.5 Å². The summed E-state index contributed by atoms with van der Waals surface area (Å²) in [5.74, 6) is -15.0. The Kier molecular flexibility index (Phi) is 7.38. The fourth-order valence-corrected chi connectivity index (χ4v) is 4.85. The topological polar surface area (TPSA) is 9.23 Å². The number of rotatable bonds is 6. The van der Waals surface area contributed by atoms with Crippen molar-refractivity contribution in [2.24, 2.45) is 0 Å². The van der Waals surface area contributed by atoms with Crippen molar-refractivity contribution in [3.05, 3.63) is 82.2 Å². The van der Waals surface area contributed by atoms with Crippen molar-refractivity contribution in [3.8, 4) is 22.6 Å². The number of halogens is 7. The van der Waals surface area contributed by atoms with Gasteiger partial charge >= 0.3 is 0 Å². The Balaban J connectivity index is 2.08. The molecule has 3 aromatic rings. The quantitative estimate of drug-likeness (QED) is 0.188. The van der Waals surface area contributed by atoms with Crippen LogP contribution in [0.1, 0.15) is 62.5 Å². The molecule has 1 fully saturated rings. The third-order valence-corrected chi connectivity index (χ3v) is 6.42. The van der Waals surface area contributed by atoms with E-state index in [0.29, 0.717) is 19.3 Å². The molecule has 0 bridgehead atoms. The predicted molar refractivity (Wildman–Crippen MR) is 118 cm³/mol. The van der Waals surface area contributed by atoms with E-state index in [0.717, 1.165) is 19.3 Å². The van der Waals surface area contributed by atoms with E-state index in [-0.39, 0.29) is 23.3 Å². The third kappa shape index (κ3) is 4.50. The van der Waals surface area contributed by atoms with Gasteiger partial charge in [0.05, 0.1) is 5.56 Å². The fraction of sp³-hybridized carbons (Fsp3) is 0.333. The lowest BCUT2D eigenvalue weighted by atomic mass is 9.78. The van der Waals surface area contributed by atoms with Gasteiger partial charge in [-0.15, -0.1) is 0 Å². The Labute approximate surface area is 198 Å². The van der Waals surface area contributed by atoms with E-state index in [9.17, 15) is 17.6 Å². The van der Waals surface area contributed by atoms with Crippen molar-refractivity contribution in [1.82, 2.24) is 0 Å². The Bertz CT molecular complexity index is 1240. The highest BCUT2D eigenvalue weighted by Gasteiger charge is 2.36. The highest BCUT2D eigenvalue weighted by molar-refractivity contribution is 5.77. The molecule has 1 nitrogen and oxygen atoms in total. The van der Waals surface area contributed by atoms with Gasteiger partial charge in [0.2, 0.25) is 11.6 Å². The molecule has 4 rings (SSSR count). The molecule has 0 aliphatic heterocycles. The molecule has 1 saturated carbocycles. The fourth-order valence-electron chi connectivity index (χ4n) is 4.85. The molecule has 3 aromatic carbocycles. The number of benzene rings is 3. The Hall–Kier alpha value is -3.03. The first-order valence-electron chi connectivity index (χ1n) is 11.6. The highest BCUT2D eigenvalue weighted by Crippen LogP contribution is 2.47. The number of hydrogen-bond donors (Lipinski definition) is 0. The van der Waals surface area contributed by atoms with E-state index in [2.05, 4.69) is 0 Å². The minimum absolute atomic E-state index is 0.0277. The van der Waals surface area contributed by atoms with Crippen molar-refractivity contribution in [3.63, 3.8) is 0 Å². The van der Waals surface area contributed by atoms with Gasteiger partial charge in [0, 0.05) is 5.56 Å². The molecular weight excluding hydrogens is 473 g/mol. The van der Waals surface area contributed by atoms with Crippen LogP contribution in [0.25, 0.3) is 11.1 Å². The van der Waals surface area contributed by atoms with Crippen LogP contribution in [0, 0.1) is 40.7 Å². The molecule has 186 valence electrons. The molecule has 8 heteroatoms. The van der Waals surface area contributed by atoms with Gasteiger partial charge in [0.1, 0.15) is 5.75 Å². The summed E-state index contributed by atoms with van der Waals surface area (Å²) in [7, 11) is 0. The Morgan fingerprint density at radius 3 is 1.89 bits per heavy atom. The van der Waals surface area contributed by atoms with Crippen molar-refractivity contribution >= 4 is 0 Å². The zero-order chi connectivity index (χ0) is 25.3. The Morgan fingerprint density at radius 1 is 0.686 bits per heavy atom. The molecule has 0 unspecified atom stereocenters. The maximum absolute atomic E-state index is 15.4. The van der Waals surface area contributed by atoms with Gasteiger partial charge in [0.15, 0.2) is 34.8 Å². The minimum atomic E-state index is -2.20. The molecule has 0 radical (unpaired) electrons. The van der Waals surface area contributed by atoms with Crippen LogP contribution in [0.3, 0.4) is 0 Å². The molecule has 1 aliphatic carbocycles. The molecule has 0 aromatic heterocycles. The van der Waals surface area contributed by atoms with Crippen LogP contribution in [0.4, 0.5) is 30.7 Å². The summed E-state index contributed by atoms with van der Waals surface area (Å²) in [5.41, 5.74) is -2.21. The van der Waals surface area contributed by atoms with Crippen LogP contribution < -0.4 is 4.74 Å². The summed E-state index contributed by atoms with van der Waals surface area (Å²) in [6.45, 7) is 1.69. The van der Waals surface area contributed by atoms with Gasteiger partial charge < -0.3 is 4.74 Å². The lowest BCUT2D eigenvalue weighted by Crippen LogP contribution is -2.16. The monoisotopic (exact) mass is 496 g/mol. The van der Waals surface area contributed by atoms with Crippen LogP contribution in [0.15, 0.2) is 30.3 Å². The van der Waals surface area contributed by atoms with Crippen LogP contribution in [-0.4, -0.2) is 0 Å². The normalized spacial score (nSPS) is 14.4. The second kappa shape index (κ2) is 10.3. The summed E-state index contributed by atoms with van der Waals surface area (Å²) < 4.78 is 110. The van der Waals surface area contributed by atoms with Crippen molar-refractivity contribution < 1.29 is 35.5 Å². The average Bonchev–Trinajstić information content (AvgIpc) is 2.87. The predicted octanol–water partition coefficient (Wildman–Crippen LogP) is 9.12. The van der Waals surface area contributed by atoms with Crippen molar-refractivity contribution in [2.75, 3.05) is 0 Å². The van der Waals surface area contributed by atoms with Crippen molar-refractivity contribution in [1.29, 1.82) is 0 Å². The number of ether oxygens (including phenoxy) is 1. The van der Waals surface area contributed by atoms with E-state index in [1.807, 2.05) is 0 Å². The minimum Gasteiger partial charge on any atom is -0.453 e. The zero-order valence-electron chi connectivity index (χ0n) is 19.0. The van der Waals surface area contributed by atoms with Crippen LogP contribution >= 0.6 is 0 Å². The lowest BCUT2D eigenvalue weighted by molar-refractivity contribution is 0.372. The Morgan fingerprint density at radius 2 is 1.26 bits per heavy atom. The first-order valence-corrected chi connectivity index (χ1v) is 11.6. The molecule has 0 spiro atoms. The summed E-state index contributed by atoms with van der Waals surface area (Å²) in [6.07, 6.45) is 3.66. The summed E-state index contributed by atoms with van der Waals surface area (Å²) >= 11 is 0. The molecule has 0 saturated heterocycles. The summed E-state index contributed by atoms with van der Waals surface area (Å²) in [6, 6.07) is 7.26. The molecule has 0 N–H and O–H groups in total. The van der Waals surface area contributed by atoms with E-state index in [1.54, 1.807) is 13.0 Å². The van der Waals surface area contributed by atoms with Crippen molar-refractivity contribution in [2.45, 2.75) is 57.8 Å². The van der Waals surface area contributed by atoms with Crippen LogP contribution in [0.5, 0.6) is 11.5 Å². The second-order valence-corrected chi connectivity index (χ2v) is 8.67. The van der Waals surface area contributed by atoms with Gasteiger partial charge in [0.25, 0.3) is 0 Å². The van der Waals surface area contributed by atoms with Gasteiger partial charge in [-0.3, -0.25) is 0 Å². The maximum Gasteiger partial charge on any atom is 0.205 e. The zero-order valence-corrected chi connectivity index (χ0v) is 19.0. The van der Waals surface area contributed by atoms with E-state index in [4.69, 9.17) is 4.74 Å². The largest absolute Gasteiger partial charge is 0.453 e. The first kappa shape index (κ1) is 25.1. The first-order chi connectivity index (χ1) is 16.8. The van der Waals surface area contributed by atoms with Crippen LogP contribution in [0.2, 0.25) is 0 Å². The maximum atomic E-state index is 15.4. The SMILES string of the molecule is CCCc1c(-c2c(F)c(F)c(F)c(F)c2Oc2ccccc2)c(F)c(F)c(F)c1C1CCCCC1. The molecule has 0 amide bonds. The summed E-state index contributed by atoms with van der Waals surface area (Å²) in [4.78, 5) is 0. The molecule has 0 atom stereocenters. The van der Waals surface area contributed by atoms with E-state index >= 15 is 13.2 Å². The number of para-hydroxylation sites is 1. The molecule has 0 heterocycles. The average molecular weight is 496 g/mol. The number of hydrogen-bond acceptors (Lipinski definition) is 1. The standard InChI is InChI=1S/C27H23F7O/c1-2-9-16-17(14-10-5-3-6-11-14)20(28)23(31)21(29)18(16)19-22(30)24(32)25(33)26(34)27(19)35-15-12-7-4-8-13-15/h4,7-8,12-14H,2-3,5-6,9-11H2,1H3. The smallest absolute Gasteiger partial charge is 0.205 e. The lowest BCUT2D eigenvalue weighted by Gasteiger charge is -2.27. The van der Waals surface area contributed by atoms with Gasteiger partial charge in [-0.05, 0) is 48.4 Å². The van der Waals surface area contributed by atoms with E-state index in [1.165, 1.54) is 24.3 Å². The third-order valence-electron chi connectivity index (χ3n) is 6.42. The van der Waals surface area contributed by atoms with Gasteiger partial charge in [-0.25, -0.2) is 26.3 Å². The van der Waals surface area contributed by atoms with Gasteiger partial charge in [-0.2, -0.15) is 4.39 Å². The van der Waals surface area contributed by atoms with Crippen LogP contribution in [-0.2, 0) is 6.42 Å². The summed E-state index contributed by atoms with van der Waals surface area (Å²) in [5, 5.41) is 0. The molecule has 1 aliphatic rings. The highest BCUT2D eigenvalue weighted by atomic mass is 19.2.